The normalized spacial score (nSPS) is 11.6. The monoisotopic (exact) mass is 458 g/mol. The number of para-hydroxylation sites is 1. The number of aryl methyl sites for hydroxylation is 1. The van der Waals surface area contributed by atoms with Crippen LogP contribution in [0.25, 0.3) is 5.69 Å². The molecule has 7 nitrogen and oxygen atoms in total. The summed E-state index contributed by atoms with van der Waals surface area (Å²) in [6, 6.07) is 13.1. The highest BCUT2D eigenvalue weighted by atomic mass is 32.2. The Hall–Kier alpha value is -3.30. The van der Waals surface area contributed by atoms with Crippen LogP contribution in [-0.4, -0.2) is 49.7 Å². The van der Waals surface area contributed by atoms with E-state index in [1.54, 1.807) is 42.7 Å². The first-order valence-electron chi connectivity index (χ1n) is 9.70. The standard InChI is InChI=1S/C23H23FN2O5S/c1-15-13-19(16(2)26(15)21-8-6-5-7-20(21)24)22(27)14-31-23(28)17-9-11-18(12-10-17)32(29,30)25(3)4/h5-13H,14H2,1-4H3. The van der Waals surface area contributed by atoms with Crippen LogP contribution >= 0.6 is 0 Å². The average Bonchev–Trinajstić information content (AvgIpc) is 3.06. The number of aromatic nitrogens is 1. The van der Waals surface area contributed by atoms with Gasteiger partial charge in [0.1, 0.15) is 5.82 Å². The van der Waals surface area contributed by atoms with Gasteiger partial charge in [0.25, 0.3) is 0 Å². The summed E-state index contributed by atoms with van der Waals surface area (Å²) in [7, 11) is -0.798. The number of hydrogen-bond donors (Lipinski definition) is 0. The number of carbonyl (C=O) groups excluding carboxylic acids is 2. The van der Waals surface area contributed by atoms with Crippen molar-refractivity contribution in [2.45, 2.75) is 18.7 Å². The summed E-state index contributed by atoms with van der Waals surface area (Å²) in [5, 5.41) is 0. The second-order valence-electron chi connectivity index (χ2n) is 7.38. The largest absolute Gasteiger partial charge is 0.454 e. The van der Waals surface area contributed by atoms with Crippen LogP contribution in [0.4, 0.5) is 4.39 Å². The predicted octanol–water partition coefficient (Wildman–Crippen LogP) is 3.52. The fraction of sp³-hybridized carbons (Fsp3) is 0.217. The van der Waals surface area contributed by atoms with Crippen molar-refractivity contribution >= 4 is 21.8 Å². The van der Waals surface area contributed by atoms with Gasteiger partial charge in [-0.05, 0) is 56.3 Å². The molecule has 0 fully saturated rings. The number of Topliss-reactive ketones (excluding diaryl/α,β-unsaturated/α-hetero) is 1. The molecule has 0 aliphatic rings. The van der Waals surface area contributed by atoms with Gasteiger partial charge < -0.3 is 9.30 Å². The first-order valence-corrected chi connectivity index (χ1v) is 11.1. The van der Waals surface area contributed by atoms with Crippen molar-refractivity contribution in [3.05, 3.63) is 82.9 Å². The minimum atomic E-state index is -3.62. The van der Waals surface area contributed by atoms with Crippen molar-refractivity contribution in [2.75, 3.05) is 20.7 Å². The van der Waals surface area contributed by atoms with Gasteiger partial charge in [0.2, 0.25) is 15.8 Å². The quantitative estimate of drug-likeness (QED) is 0.399. The minimum Gasteiger partial charge on any atom is -0.454 e. The van der Waals surface area contributed by atoms with Crippen LogP contribution in [0, 0.1) is 19.7 Å². The van der Waals surface area contributed by atoms with Gasteiger partial charge in [0.15, 0.2) is 6.61 Å². The van der Waals surface area contributed by atoms with Gasteiger partial charge in [-0.1, -0.05) is 12.1 Å². The zero-order valence-corrected chi connectivity index (χ0v) is 18.9. The molecule has 0 aliphatic heterocycles. The molecule has 3 rings (SSSR count). The maximum atomic E-state index is 14.2. The van der Waals surface area contributed by atoms with E-state index in [0.717, 1.165) is 4.31 Å². The molecule has 9 heteroatoms. The molecule has 0 spiro atoms. The van der Waals surface area contributed by atoms with E-state index in [4.69, 9.17) is 4.74 Å². The van der Waals surface area contributed by atoms with Crippen LogP contribution in [0.1, 0.15) is 32.1 Å². The van der Waals surface area contributed by atoms with Gasteiger partial charge in [0.05, 0.1) is 16.1 Å². The second-order valence-corrected chi connectivity index (χ2v) is 9.53. The Morgan fingerprint density at radius 2 is 1.66 bits per heavy atom. The lowest BCUT2D eigenvalue weighted by Gasteiger charge is -2.11. The lowest BCUT2D eigenvalue weighted by Crippen LogP contribution is -2.22. The summed E-state index contributed by atoms with van der Waals surface area (Å²) in [5.74, 6) is -1.60. The molecule has 0 N–H and O–H groups in total. The molecule has 2 aromatic carbocycles. The average molecular weight is 459 g/mol. The summed E-state index contributed by atoms with van der Waals surface area (Å²) in [6.07, 6.45) is 0. The zero-order chi connectivity index (χ0) is 23.6. The van der Waals surface area contributed by atoms with Crippen LogP contribution < -0.4 is 0 Å². The smallest absolute Gasteiger partial charge is 0.338 e. The zero-order valence-electron chi connectivity index (χ0n) is 18.1. The molecule has 0 saturated heterocycles. The Morgan fingerprint density at radius 1 is 1.03 bits per heavy atom. The summed E-state index contributed by atoms with van der Waals surface area (Å²) in [6.45, 7) is 2.95. The van der Waals surface area contributed by atoms with E-state index in [1.807, 2.05) is 0 Å². The maximum absolute atomic E-state index is 14.2. The highest BCUT2D eigenvalue weighted by molar-refractivity contribution is 7.89. The number of ketones is 1. The minimum absolute atomic E-state index is 0.0377. The summed E-state index contributed by atoms with van der Waals surface area (Å²) >= 11 is 0. The molecule has 0 unspecified atom stereocenters. The number of carbonyl (C=O) groups is 2. The number of esters is 1. The number of benzene rings is 2. The molecule has 3 aromatic rings. The third-order valence-corrected chi connectivity index (χ3v) is 6.86. The summed E-state index contributed by atoms with van der Waals surface area (Å²) < 4.78 is 46.3. The lowest BCUT2D eigenvalue weighted by atomic mass is 10.1. The molecule has 1 aromatic heterocycles. The Balaban J connectivity index is 1.73. The van der Waals surface area contributed by atoms with Crippen LogP contribution in [0.15, 0.2) is 59.5 Å². The van der Waals surface area contributed by atoms with E-state index in [0.29, 0.717) is 22.6 Å². The highest BCUT2D eigenvalue weighted by Crippen LogP contribution is 2.23. The van der Waals surface area contributed by atoms with Crippen LogP contribution in [0.3, 0.4) is 0 Å². The van der Waals surface area contributed by atoms with Crippen molar-refractivity contribution in [3.63, 3.8) is 0 Å². The van der Waals surface area contributed by atoms with Gasteiger partial charge in [0, 0.05) is 31.0 Å². The van der Waals surface area contributed by atoms with Gasteiger partial charge in [-0.25, -0.2) is 21.9 Å². The summed E-state index contributed by atoms with van der Waals surface area (Å²) in [5.41, 5.74) is 1.97. The number of ether oxygens (including phenoxy) is 1. The third kappa shape index (κ3) is 4.49. The van der Waals surface area contributed by atoms with Gasteiger partial charge in [-0.15, -0.1) is 0 Å². The molecule has 0 amide bonds. The maximum Gasteiger partial charge on any atom is 0.338 e. The molecule has 0 saturated carbocycles. The van der Waals surface area contributed by atoms with Crippen LogP contribution in [-0.2, 0) is 14.8 Å². The first-order chi connectivity index (χ1) is 15.0. The number of hydrogen-bond acceptors (Lipinski definition) is 5. The number of halogens is 1. The molecule has 0 bridgehead atoms. The lowest BCUT2D eigenvalue weighted by molar-refractivity contribution is 0.0474. The van der Waals surface area contributed by atoms with E-state index in [2.05, 4.69) is 0 Å². The number of nitrogens with zero attached hydrogens (tertiary/aromatic N) is 2. The van der Waals surface area contributed by atoms with E-state index in [-0.39, 0.29) is 10.5 Å². The van der Waals surface area contributed by atoms with Gasteiger partial charge in [-0.2, -0.15) is 0 Å². The third-order valence-electron chi connectivity index (χ3n) is 5.03. The Morgan fingerprint density at radius 3 is 2.25 bits per heavy atom. The molecule has 0 atom stereocenters. The molecular formula is C23H23FN2O5S. The van der Waals surface area contributed by atoms with E-state index < -0.39 is 34.2 Å². The fourth-order valence-electron chi connectivity index (χ4n) is 3.31. The Bertz CT molecular complexity index is 1280. The Kier molecular flexibility index (Phi) is 6.61. The fourth-order valence-corrected chi connectivity index (χ4v) is 4.22. The molecule has 1 heterocycles. The molecule has 0 radical (unpaired) electrons. The predicted molar refractivity (Wildman–Crippen MR) is 117 cm³/mol. The van der Waals surface area contributed by atoms with Crippen molar-refractivity contribution in [2.24, 2.45) is 0 Å². The topological polar surface area (TPSA) is 85.7 Å². The van der Waals surface area contributed by atoms with Gasteiger partial charge in [-0.3, -0.25) is 4.79 Å². The summed E-state index contributed by atoms with van der Waals surface area (Å²) in [4.78, 5) is 25.0. The van der Waals surface area contributed by atoms with E-state index in [1.165, 1.54) is 44.4 Å². The van der Waals surface area contributed by atoms with Crippen LogP contribution in [0.5, 0.6) is 0 Å². The number of rotatable bonds is 7. The Labute approximate surface area is 186 Å². The number of sulfonamides is 1. The van der Waals surface area contributed by atoms with Crippen molar-refractivity contribution in [1.29, 1.82) is 0 Å². The molecule has 168 valence electrons. The van der Waals surface area contributed by atoms with E-state index in [9.17, 15) is 22.4 Å². The molecular weight excluding hydrogens is 435 g/mol. The molecule has 32 heavy (non-hydrogen) atoms. The van der Waals surface area contributed by atoms with Crippen molar-refractivity contribution in [3.8, 4) is 5.69 Å². The van der Waals surface area contributed by atoms with Crippen molar-refractivity contribution in [1.82, 2.24) is 8.87 Å². The van der Waals surface area contributed by atoms with E-state index >= 15 is 0 Å². The SMILES string of the molecule is Cc1cc(C(=O)COC(=O)c2ccc(S(=O)(=O)N(C)C)cc2)c(C)n1-c1ccccc1F. The van der Waals surface area contributed by atoms with Gasteiger partial charge >= 0.3 is 5.97 Å². The first kappa shape index (κ1) is 23.4. The highest BCUT2D eigenvalue weighted by Gasteiger charge is 2.21. The van der Waals surface area contributed by atoms with Crippen molar-refractivity contribution < 1.29 is 27.1 Å². The second kappa shape index (κ2) is 9.05. The van der Waals surface area contributed by atoms with Crippen LogP contribution in [0.2, 0.25) is 0 Å². The molecule has 0 aliphatic carbocycles.